The highest BCUT2D eigenvalue weighted by Crippen LogP contribution is 2.29. The number of anilines is 1. The van der Waals surface area contributed by atoms with Crippen LogP contribution in [0.2, 0.25) is 0 Å². The molecule has 0 atom stereocenters. The van der Waals surface area contributed by atoms with Gasteiger partial charge in [0.25, 0.3) is 5.91 Å². The predicted molar refractivity (Wildman–Crippen MR) is 111 cm³/mol. The van der Waals surface area contributed by atoms with Crippen LogP contribution in [0.5, 0.6) is 0 Å². The zero-order valence-electron chi connectivity index (χ0n) is 15.7. The van der Waals surface area contributed by atoms with E-state index >= 15 is 0 Å². The number of rotatable bonds is 4. The number of pyridine rings is 1. The molecule has 0 aliphatic carbocycles. The van der Waals surface area contributed by atoms with Crippen LogP contribution in [0.4, 0.5) is 5.13 Å². The molecule has 0 bridgehead atoms. The third-order valence-electron chi connectivity index (χ3n) is 5.07. The van der Waals surface area contributed by atoms with Crippen molar-refractivity contribution in [3.05, 3.63) is 71.2 Å². The molecule has 1 aromatic carbocycles. The number of carbonyl (C=O) groups excluding carboxylic acids is 1. The SMILES string of the molecule is Nc1nc2cccc(C(=O)N3CCc4oc(CCc5cccnc5)nc4C3)c2s1. The van der Waals surface area contributed by atoms with Crippen LogP contribution in [0.15, 0.2) is 47.1 Å². The molecule has 0 saturated heterocycles. The van der Waals surface area contributed by atoms with Gasteiger partial charge in [0.1, 0.15) is 11.5 Å². The molecular weight excluding hydrogens is 386 g/mol. The number of hydrogen-bond donors (Lipinski definition) is 1. The summed E-state index contributed by atoms with van der Waals surface area (Å²) in [6.45, 7) is 1.06. The van der Waals surface area contributed by atoms with E-state index in [1.54, 1.807) is 6.20 Å². The van der Waals surface area contributed by atoms with Crippen LogP contribution in [-0.4, -0.2) is 32.3 Å². The minimum Gasteiger partial charge on any atom is -0.445 e. The van der Waals surface area contributed by atoms with Crippen LogP contribution in [0.3, 0.4) is 0 Å². The molecule has 146 valence electrons. The molecule has 4 aromatic rings. The minimum atomic E-state index is -0.0233. The van der Waals surface area contributed by atoms with Crippen LogP contribution < -0.4 is 5.73 Å². The molecule has 1 amide bonds. The van der Waals surface area contributed by atoms with E-state index in [1.165, 1.54) is 11.3 Å². The number of oxazole rings is 1. The maximum Gasteiger partial charge on any atom is 0.255 e. The summed E-state index contributed by atoms with van der Waals surface area (Å²) in [6.07, 6.45) is 5.83. The van der Waals surface area contributed by atoms with Gasteiger partial charge in [-0.1, -0.05) is 23.5 Å². The summed E-state index contributed by atoms with van der Waals surface area (Å²) >= 11 is 1.35. The average molecular weight is 405 g/mol. The van der Waals surface area contributed by atoms with Crippen molar-refractivity contribution >= 4 is 32.6 Å². The molecule has 29 heavy (non-hydrogen) atoms. The normalized spacial score (nSPS) is 13.6. The first-order valence-electron chi connectivity index (χ1n) is 9.48. The second kappa shape index (κ2) is 7.29. The van der Waals surface area contributed by atoms with E-state index in [2.05, 4.69) is 15.0 Å². The maximum atomic E-state index is 13.1. The number of aromatic nitrogens is 3. The zero-order valence-corrected chi connectivity index (χ0v) is 16.5. The molecular formula is C21H19N5O2S. The Morgan fingerprint density at radius 2 is 2.14 bits per heavy atom. The number of nitrogens with zero attached hydrogens (tertiary/aromatic N) is 4. The molecule has 5 rings (SSSR count). The van der Waals surface area contributed by atoms with Gasteiger partial charge in [-0.2, -0.15) is 0 Å². The Morgan fingerprint density at radius 1 is 1.21 bits per heavy atom. The summed E-state index contributed by atoms with van der Waals surface area (Å²) in [5.41, 5.74) is 9.23. The van der Waals surface area contributed by atoms with Crippen molar-refractivity contribution in [3.63, 3.8) is 0 Å². The van der Waals surface area contributed by atoms with Crippen LogP contribution in [0.25, 0.3) is 10.2 Å². The van der Waals surface area contributed by atoms with E-state index in [4.69, 9.17) is 10.2 Å². The highest BCUT2D eigenvalue weighted by Gasteiger charge is 2.27. The average Bonchev–Trinajstić information content (AvgIpc) is 3.33. The Bertz CT molecular complexity index is 1180. The molecule has 8 heteroatoms. The monoisotopic (exact) mass is 405 g/mol. The number of nitrogen functional groups attached to an aromatic ring is 1. The Labute approximate surface area is 171 Å². The third-order valence-corrected chi connectivity index (χ3v) is 6.01. The third kappa shape index (κ3) is 3.47. The number of hydrogen-bond acceptors (Lipinski definition) is 7. The summed E-state index contributed by atoms with van der Waals surface area (Å²) < 4.78 is 6.77. The smallest absolute Gasteiger partial charge is 0.255 e. The molecule has 2 N–H and O–H groups in total. The Morgan fingerprint density at radius 3 is 3.00 bits per heavy atom. The molecule has 4 heterocycles. The first kappa shape index (κ1) is 17.8. The minimum absolute atomic E-state index is 0.0233. The van der Waals surface area contributed by atoms with E-state index in [0.29, 0.717) is 42.5 Å². The molecule has 1 aliphatic rings. The van der Waals surface area contributed by atoms with Crippen molar-refractivity contribution in [2.75, 3.05) is 12.3 Å². The lowest BCUT2D eigenvalue weighted by Crippen LogP contribution is -2.35. The lowest BCUT2D eigenvalue weighted by atomic mass is 10.1. The quantitative estimate of drug-likeness (QED) is 0.560. The van der Waals surface area contributed by atoms with Gasteiger partial charge < -0.3 is 15.1 Å². The standard InChI is InChI=1S/C21H19N5O2S/c22-21-25-15-5-1-4-14(19(15)29-21)20(27)26-10-8-17-16(12-26)24-18(28-17)7-6-13-3-2-9-23-11-13/h1-5,9,11H,6-8,10,12H2,(H2,22,25). The number of fused-ring (bicyclic) bond motifs is 2. The van der Waals surface area contributed by atoms with Crippen molar-refractivity contribution < 1.29 is 9.21 Å². The second-order valence-corrected chi connectivity index (χ2v) is 8.05. The summed E-state index contributed by atoms with van der Waals surface area (Å²) in [5, 5.41) is 0.468. The lowest BCUT2D eigenvalue weighted by Gasteiger charge is -2.25. The van der Waals surface area contributed by atoms with Crippen molar-refractivity contribution in [3.8, 4) is 0 Å². The molecule has 0 fully saturated rings. The fraction of sp³-hybridized carbons (Fsp3) is 0.238. The number of nitrogens with two attached hydrogens (primary N) is 1. The van der Waals surface area contributed by atoms with Crippen LogP contribution >= 0.6 is 11.3 Å². The Balaban J connectivity index is 1.33. The molecule has 0 spiro atoms. The van der Waals surface area contributed by atoms with Gasteiger partial charge in [-0.25, -0.2) is 9.97 Å². The van der Waals surface area contributed by atoms with Crippen LogP contribution in [0, 0.1) is 0 Å². The Kier molecular flexibility index (Phi) is 4.48. The van der Waals surface area contributed by atoms with Gasteiger partial charge in [-0.3, -0.25) is 9.78 Å². The molecule has 7 nitrogen and oxygen atoms in total. The first-order valence-corrected chi connectivity index (χ1v) is 10.3. The van der Waals surface area contributed by atoms with Crippen molar-refractivity contribution in [2.24, 2.45) is 0 Å². The fourth-order valence-corrected chi connectivity index (χ4v) is 4.47. The van der Waals surface area contributed by atoms with Gasteiger partial charge in [-0.05, 0) is 30.2 Å². The van der Waals surface area contributed by atoms with Crippen LogP contribution in [0.1, 0.15) is 33.3 Å². The highest BCUT2D eigenvalue weighted by atomic mass is 32.1. The summed E-state index contributed by atoms with van der Waals surface area (Å²) in [7, 11) is 0. The van der Waals surface area contributed by atoms with Gasteiger partial charge in [0, 0.05) is 31.8 Å². The molecule has 3 aromatic heterocycles. The molecule has 0 unspecified atom stereocenters. The van der Waals surface area contributed by atoms with Gasteiger partial charge in [0.15, 0.2) is 11.0 Å². The van der Waals surface area contributed by atoms with Gasteiger partial charge in [-0.15, -0.1) is 0 Å². The van der Waals surface area contributed by atoms with Gasteiger partial charge in [0.05, 0.1) is 22.3 Å². The number of benzene rings is 1. The van der Waals surface area contributed by atoms with E-state index in [9.17, 15) is 4.79 Å². The van der Waals surface area contributed by atoms with E-state index in [0.717, 1.165) is 33.7 Å². The van der Waals surface area contributed by atoms with Crippen LogP contribution in [-0.2, 0) is 25.8 Å². The number of amides is 1. The fourth-order valence-electron chi connectivity index (χ4n) is 3.63. The van der Waals surface area contributed by atoms with E-state index in [1.807, 2.05) is 41.4 Å². The van der Waals surface area contributed by atoms with Crippen molar-refractivity contribution in [2.45, 2.75) is 25.8 Å². The predicted octanol–water partition coefficient (Wildman–Crippen LogP) is 3.25. The summed E-state index contributed by atoms with van der Waals surface area (Å²) in [5.74, 6) is 1.57. The summed E-state index contributed by atoms with van der Waals surface area (Å²) in [4.78, 5) is 28.0. The largest absolute Gasteiger partial charge is 0.445 e. The molecule has 0 radical (unpaired) electrons. The lowest BCUT2D eigenvalue weighted by molar-refractivity contribution is 0.0730. The first-order chi connectivity index (χ1) is 14.2. The van der Waals surface area contributed by atoms with Gasteiger partial charge in [0.2, 0.25) is 0 Å². The number of aryl methyl sites for hydroxylation is 2. The molecule has 0 saturated carbocycles. The number of carbonyl (C=O) groups is 1. The van der Waals surface area contributed by atoms with Crippen molar-refractivity contribution in [1.82, 2.24) is 19.9 Å². The number of thiazole rings is 1. The van der Waals surface area contributed by atoms with Crippen molar-refractivity contribution in [1.29, 1.82) is 0 Å². The highest BCUT2D eigenvalue weighted by molar-refractivity contribution is 7.22. The Hall–Kier alpha value is -3.26. The summed E-state index contributed by atoms with van der Waals surface area (Å²) in [6, 6.07) is 9.52. The zero-order chi connectivity index (χ0) is 19.8. The maximum absolute atomic E-state index is 13.1. The van der Waals surface area contributed by atoms with E-state index < -0.39 is 0 Å². The molecule has 1 aliphatic heterocycles. The van der Waals surface area contributed by atoms with Gasteiger partial charge >= 0.3 is 0 Å². The van der Waals surface area contributed by atoms with E-state index in [-0.39, 0.29) is 5.91 Å². The topological polar surface area (TPSA) is 98.1 Å². The second-order valence-electron chi connectivity index (χ2n) is 7.02.